The van der Waals surface area contributed by atoms with E-state index in [1.54, 1.807) is 0 Å². The summed E-state index contributed by atoms with van der Waals surface area (Å²) in [5.41, 5.74) is 3.59. The molecule has 1 saturated carbocycles. The second-order valence-electron chi connectivity index (χ2n) is 8.26. The van der Waals surface area contributed by atoms with Crippen LogP contribution in [0.15, 0.2) is 48.5 Å². The van der Waals surface area contributed by atoms with E-state index in [-0.39, 0.29) is 16.4 Å². The number of halogens is 3. The summed E-state index contributed by atoms with van der Waals surface area (Å²) in [7, 11) is 0. The average molecular weight is 585 g/mol. The highest BCUT2D eigenvalue weighted by molar-refractivity contribution is 9.10. The minimum Gasteiger partial charge on any atom is -0.293 e. The number of benzene rings is 2. The van der Waals surface area contributed by atoms with Crippen molar-refractivity contribution in [3.8, 4) is 0 Å². The number of hydrogen-bond acceptors (Lipinski definition) is 2. The van der Waals surface area contributed by atoms with Gasteiger partial charge in [-0.25, -0.2) is 0 Å². The molecule has 0 spiro atoms. The molecule has 1 aliphatic rings. The first-order chi connectivity index (χ1) is 13.6. The Labute approximate surface area is 198 Å². The first-order valence-electron chi connectivity index (χ1n) is 9.93. The molecule has 2 aromatic rings. The quantitative estimate of drug-likeness (QED) is 0.256. The van der Waals surface area contributed by atoms with Gasteiger partial charge in [0.05, 0.1) is 13.5 Å². The van der Waals surface area contributed by atoms with E-state index in [1.807, 2.05) is 62.4 Å². The van der Waals surface area contributed by atoms with Gasteiger partial charge < -0.3 is 0 Å². The molecular formula is C24H25Br3O2. The van der Waals surface area contributed by atoms with Gasteiger partial charge in [0.15, 0.2) is 11.6 Å². The number of Topliss-reactive ketones (excluding diaryl/α,β-unsaturated/α-hetero) is 2. The molecule has 2 aromatic carbocycles. The standard InChI is InChI=1S/C24H25Br3O2/c1-23(2,26)21(28)18-10-6-16(7-11-18)20(25)17-8-12-19(13-9-17)22(29)24(27)14-4-3-5-15-24/h6-13,20H,3-5,14-15H2,1-2H3. The second kappa shape index (κ2) is 9.15. The van der Waals surface area contributed by atoms with Crippen LogP contribution in [-0.2, 0) is 0 Å². The van der Waals surface area contributed by atoms with Crippen LogP contribution in [-0.4, -0.2) is 20.2 Å². The van der Waals surface area contributed by atoms with E-state index < -0.39 is 8.65 Å². The summed E-state index contributed by atoms with van der Waals surface area (Å²) >= 11 is 10.9. The Hall–Kier alpha value is -0.780. The fourth-order valence-corrected chi connectivity index (χ4v) is 5.37. The zero-order valence-electron chi connectivity index (χ0n) is 16.7. The number of rotatable bonds is 6. The van der Waals surface area contributed by atoms with Crippen molar-refractivity contribution in [3.05, 3.63) is 70.8 Å². The second-order valence-corrected chi connectivity index (χ2v) is 12.7. The maximum Gasteiger partial charge on any atom is 0.179 e. The van der Waals surface area contributed by atoms with Crippen LogP contribution in [0.1, 0.15) is 82.6 Å². The molecule has 3 rings (SSSR count). The van der Waals surface area contributed by atoms with Crippen molar-refractivity contribution in [3.63, 3.8) is 0 Å². The summed E-state index contributed by atoms with van der Waals surface area (Å²) in [6, 6.07) is 15.5. The van der Waals surface area contributed by atoms with Crippen LogP contribution >= 0.6 is 47.8 Å². The lowest BCUT2D eigenvalue weighted by atomic mass is 9.83. The largest absolute Gasteiger partial charge is 0.293 e. The van der Waals surface area contributed by atoms with Crippen LogP contribution in [0.4, 0.5) is 0 Å². The predicted octanol–water partition coefficient (Wildman–Crippen LogP) is 7.81. The van der Waals surface area contributed by atoms with Gasteiger partial charge in [0.1, 0.15) is 0 Å². The molecule has 0 aromatic heterocycles. The van der Waals surface area contributed by atoms with E-state index in [0.29, 0.717) is 5.56 Å². The molecule has 1 fully saturated rings. The highest BCUT2D eigenvalue weighted by atomic mass is 79.9. The van der Waals surface area contributed by atoms with Crippen LogP contribution in [0.3, 0.4) is 0 Å². The van der Waals surface area contributed by atoms with Gasteiger partial charge in [-0.3, -0.25) is 9.59 Å². The molecule has 5 heteroatoms. The lowest BCUT2D eigenvalue weighted by molar-refractivity contribution is 0.0922. The third-order valence-corrected chi connectivity index (χ3v) is 8.09. The van der Waals surface area contributed by atoms with Crippen molar-refractivity contribution in [2.45, 2.75) is 59.4 Å². The van der Waals surface area contributed by atoms with Crippen LogP contribution in [0.5, 0.6) is 0 Å². The van der Waals surface area contributed by atoms with Crippen LogP contribution in [0.25, 0.3) is 0 Å². The van der Waals surface area contributed by atoms with Gasteiger partial charge in [-0.15, -0.1) is 0 Å². The summed E-state index contributed by atoms with van der Waals surface area (Å²) in [6.45, 7) is 3.70. The summed E-state index contributed by atoms with van der Waals surface area (Å²) in [4.78, 5) is 25.3. The minimum atomic E-state index is -0.574. The smallest absolute Gasteiger partial charge is 0.179 e. The Morgan fingerprint density at radius 2 is 1.31 bits per heavy atom. The molecule has 1 aliphatic carbocycles. The number of carbonyl (C=O) groups is 2. The molecule has 1 atom stereocenters. The Kier molecular flexibility index (Phi) is 7.23. The van der Waals surface area contributed by atoms with Gasteiger partial charge in [0.25, 0.3) is 0 Å². The van der Waals surface area contributed by atoms with Gasteiger partial charge in [0, 0.05) is 11.1 Å². The highest BCUT2D eigenvalue weighted by Crippen LogP contribution is 2.39. The maximum atomic E-state index is 13.0. The molecule has 0 aliphatic heterocycles. The third kappa shape index (κ3) is 5.29. The molecule has 0 saturated heterocycles. The monoisotopic (exact) mass is 582 g/mol. The molecule has 0 heterocycles. The summed E-state index contributed by atoms with van der Waals surface area (Å²) in [5, 5.41) is 0. The highest BCUT2D eigenvalue weighted by Gasteiger charge is 2.37. The first kappa shape index (κ1) is 22.9. The van der Waals surface area contributed by atoms with E-state index in [9.17, 15) is 9.59 Å². The number of alkyl halides is 3. The zero-order valence-corrected chi connectivity index (χ0v) is 21.4. The normalized spacial score (nSPS) is 17.6. The van der Waals surface area contributed by atoms with Crippen molar-refractivity contribution < 1.29 is 9.59 Å². The topological polar surface area (TPSA) is 34.1 Å². The predicted molar refractivity (Wildman–Crippen MR) is 130 cm³/mol. The molecule has 2 nitrogen and oxygen atoms in total. The summed E-state index contributed by atoms with van der Waals surface area (Å²) < 4.78 is -0.970. The number of hydrogen-bond donors (Lipinski definition) is 0. The van der Waals surface area contributed by atoms with Gasteiger partial charge >= 0.3 is 0 Å². The first-order valence-corrected chi connectivity index (χ1v) is 12.4. The number of carbonyl (C=O) groups excluding carboxylic acids is 2. The molecule has 0 amide bonds. The molecular weight excluding hydrogens is 560 g/mol. The SMILES string of the molecule is CC(C)(Br)C(=O)c1ccc(C(Br)c2ccc(C(=O)C3(Br)CCCCC3)cc2)cc1. The maximum absolute atomic E-state index is 13.0. The van der Waals surface area contributed by atoms with Crippen LogP contribution < -0.4 is 0 Å². The fraction of sp³-hybridized carbons (Fsp3) is 0.417. The van der Waals surface area contributed by atoms with Crippen molar-refractivity contribution in [1.82, 2.24) is 0 Å². The fourth-order valence-electron chi connectivity index (χ4n) is 3.74. The van der Waals surface area contributed by atoms with Crippen LogP contribution in [0, 0.1) is 0 Å². The van der Waals surface area contributed by atoms with Gasteiger partial charge in [-0.05, 0) is 37.8 Å². The van der Waals surface area contributed by atoms with E-state index >= 15 is 0 Å². The van der Waals surface area contributed by atoms with Crippen molar-refractivity contribution in [2.75, 3.05) is 0 Å². The summed E-state index contributed by atoms with van der Waals surface area (Å²) in [5.74, 6) is 0.250. The third-order valence-electron chi connectivity index (χ3n) is 5.52. The van der Waals surface area contributed by atoms with E-state index in [4.69, 9.17) is 0 Å². The van der Waals surface area contributed by atoms with Crippen molar-refractivity contribution in [2.24, 2.45) is 0 Å². The van der Waals surface area contributed by atoms with Gasteiger partial charge in [0.2, 0.25) is 0 Å². The Morgan fingerprint density at radius 3 is 1.76 bits per heavy atom. The van der Waals surface area contributed by atoms with Crippen molar-refractivity contribution in [1.29, 1.82) is 0 Å². The molecule has 0 radical (unpaired) electrons. The van der Waals surface area contributed by atoms with E-state index in [2.05, 4.69) is 47.8 Å². The van der Waals surface area contributed by atoms with Crippen molar-refractivity contribution >= 4 is 59.4 Å². The van der Waals surface area contributed by atoms with Crippen LogP contribution in [0.2, 0.25) is 0 Å². The minimum absolute atomic E-state index is 0.000366. The molecule has 154 valence electrons. The molecule has 0 N–H and O–H groups in total. The molecule has 1 unspecified atom stereocenters. The molecule has 29 heavy (non-hydrogen) atoms. The Balaban J connectivity index is 1.74. The molecule has 0 bridgehead atoms. The average Bonchev–Trinajstić information content (AvgIpc) is 2.72. The lowest BCUT2D eigenvalue weighted by Gasteiger charge is -2.30. The lowest BCUT2D eigenvalue weighted by Crippen LogP contribution is -2.34. The van der Waals surface area contributed by atoms with E-state index in [0.717, 1.165) is 42.4 Å². The summed E-state index contributed by atoms with van der Waals surface area (Å²) in [6.07, 6.45) is 5.23. The van der Waals surface area contributed by atoms with Gasteiger partial charge in [-0.1, -0.05) is 116 Å². The zero-order chi connectivity index (χ0) is 21.2. The Bertz CT molecular complexity index is 874. The van der Waals surface area contributed by atoms with E-state index in [1.165, 1.54) is 6.42 Å². The number of ketones is 2. The Morgan fingerprint density at radius 1 is 0.862 bits per heavy atom. The van der Waals surface area contributed by atoms with Gasteiger partial charge in [-0.2, -0.15) is 0 Å².